The van der Waals surface area contributed by atoms with Crippen LogP contribution in [0, 0.1) is 0 Å². The Hall–Kier alpha value is -3.11. The lowest BCUT2D eigenvalue weighted by molar-refractivity contribution is -0.121. The number of methoxy groups -OCH3 is 2. The molecule has 3 rings (SSSR count). The van der Waals surface area contributed by atoms with Crippen molar-refractivity contribution < 1.29 is 27.5 Å². The number of sulfonamides is 1. The molecule has 10 heteroatoms. The molecule has 0 aliphatic carbocycles. The lowest BCUT2D eigenvalue weighted by Crippen LogP contribution is -2.35. The summed E-state index contributed by atoms with van der Waals surface area (Å²) in [5.41, 5.74) is 0.860. The van der Waals surface area contributed by atoms with Crippen molar-refractivity contribution >= 4 is 33.2 Å². The van der Waals surface area contributed by atoms with Gasteiger partial charge < -0.3 is 19.7 Å². The maximum absolute atomic E-state index is 13.1. The van der Waals surface area contributed by atoms with E-state index in [0.29, 0.717) is 28.4 Å². The zero-order valence-corrected chi connectivity index (χ0v) is 19.7. The molecule has 0 saturated heterocycles. The first-order valence-electron chi connectivity index (χ1n) is 9.84. The van der Waals surface area contributed by atoms with Crippen LogP contribution in [-0.2, 0) is 25.0 Å². The summed E-state index contributed by atoms with van der Waals surface area (Å²) in [5, 5.41) is 2.66. The first-order chi connectivity index (χ1) is 14.9. The number of anilines is 2. The van der Waals surface area contributed by atoms with Gasteiger partial charge in [0.1, 0.15) is 11.5 Å². The van der Waals surface area contributed by atoms with Crippen LogP contribution in [0.5, 0.6) is 11.5 Å². The van der Waals surface area contributed by atoms with Crippen molar-refractivity contribution in [1.29, 1.82) is 0 Å². The zero-order valence-electron chi connectivity index (χ0n) is 18.9. The number of benzene rings is 2. The first-order valence-corrected chi connectivity index (χ1v) is 11.3. The molecule has 9 nitrogen and oxygen atoms in total. The standard InChI is InChI=1S/C22H27N3O6S/c1-22(2)16-12-15(8-10-18(16)25(4)21(22)27)32(28,29)24(3)13-20(26)23-17-9-7-14(30-5)11-19(17)31-6/h7-12H,13H2,1-6H3,(H,23,26). The van der Waals surface area contributed by atoms with Gasteiger partial charge in [0, 0.05) is 25.8 Å². The van der Waals surface area contributed by atoms with Crippen molar-refractivity contribution in [1.82, 2.24) is 4.31 Å². The quantitative estimate of drug-likeness (QED) is 0.678. The van der Waals surface area contributed by atoms with E-state index in [-0.39, 0.29) is 10.8 Å². The summed E-state index contributed by atoms with van der Waals surface area (Å²) in [7, 11) is 1.99. The van der Waals surface area contributed by atoms with E-state index in [1.807, 2.05) is 0 Å². The Morgan fingerprint density at radius 2 is 1.81 bits per heavy atom. The van der Waals surface area contributed by atoms with Gasteiger partial charge in [0.05, 0.1) is 36.8 Å². The third kappa shape index (κ3) is 4.03. The van der Waals surface area contributed by atoms with Crippen molar-refractivity contribution in [2.45, 2.75) is 24.2 Å². The molecule has 1 N–H and O–H groups in total. The van der Waals surface area contributed by atoms with E-state index in [1.54, 1.807) is 45.2 Å². The largest absolute Gasteiger partial charge is 0.497 e. The minimum Gasteiger partial charge on any atom is -0.497 e. The second kappa shape index (κ2) is 8.44. The van der Waals surface area contributed by atoms with E-state index in [4.69, 9.17) is 9.47 Å². The fourth-order valence-corrected chi connectivity index (χ4v) is 4.83. The molecule has 172 valence electrons. The molecule has 0 radical (unpaired) electrons. The maximum Gasteiger partial charge on any atom is 0.243 e. The van der Waals surface area contributed by atoms with Gasteiger partial charge in [0.15, 0.2) is 0 Å². The maximum atomic E-state index is 13.1. The van der Waals surface area contributed by atoms with Crippen LogP contribution >= 0.6 is 0 Å². The summed E-state index contributed by atoms with van der Waals surface area (Å²) in [6.45, 7) is 3.11. The van der Waals surface area contributed by atoms with Gasteiger partial charge in [0.2, 0.25) is 21.8 Å². The number of amides is 2. The molecule has 2 aromatic rings. The first kappa shape index (κ1) is 23.6. The number of carbonyl (C=O) groups excluding carboxylic acids is 2. The summed E-state index contributed by atoms with van der Waals surface area (Å²) < 4.78 is 37.6. The van der Waals surface area contributed by atoms with E-state index in [2.05, 4.69) is 5.32 Å². The van der Waals surface area contributed by atoms with E-state index >= 15 is 0 Å². The molecule has 0 unspecified atom stereocenters. The molecule has 1 heterocycles. The number of carbonyl (C=O) groups is 2. The Kier molecular flexibility index (Phi) is 6.21. The van der Waals surface area contributed by atoms with E-state index in [1.165, 1.54) is 38.3 Å². The molecule has 0 bridgehead atoms. The molecule has 0 fully saturated rings. The highest BCUT2D eigenvalue weighted by Gasteiger charge is 2.43. The monoisotopic (exact) mass is 461 g/mol. The van der Waals surface area contributed by atoms with Crippen LogP contribution in [0.4, 0.5) is 11.4 Å². The topological polar surface area (TPSA) is 105 Å². The van der Waals surface area contributed by atoms with Crippen LogP contribution in [0.1, 0.15) is 19.4 Å². The molecule has 1 aliphatic heterocycles. The number of hydrogen-bond acceptors (Lipinski definition) is 6. The molecular weight excluding hydrogens is 434 g/mol. The van der Waals surface area contributed by atoms with Gasteiger partial charge in [-0.25, -0.2) is 8.42 Å². The Morgan fingerprint density at radius 1 is 1.12 bits per heavy atom. The van der Waals surface area contributed by atoms with Crippen LogP contribution in [0.2, 0.25) is 0 Å². The molecule has 2 amide bonds. The third-order valence-corrected chi connectivity index (χ3v) is 7.40. The minimum absolute atomic E-state index is 0.0183. The number of ether oxygens (including phenoxy) is 2. The van der Waals surface area contributed by atoms with Crippen LogP contribution in [0.25, 0.3) is 0 Å². The minimum atomic E-state index is -3.97. The number of rotatable bonds is 7. The van der Waals surface area contributed by atoms with E-state index < -0.39 is 27.9 Å². The number of fused-ring (bicyclic) bond motifs is 1. The summed E-state index contributed by atoms with van der Waals surface area (Å²) in [4.78, 5) is 26.6. The SMILES string of the molecule is COc1ccc(NC(=O)CN(C)S(=O)(=O)c2ccc3c(c2)C(C)(C)C(=O)N3C)c(OC)c1. The van der Waals surface area contributed by atoms with Crippen molar-refractivity contribution in [3.63, 3.8) is 0 Å². The lowest BCUT2D eigenvalue weighted by atomic mass is 9.86. The molecule has 0 saturated carbocycles. The molecular formula is C22H27N3O6S. The van der Waals surface area contributed by atoms with Crippen molar-refractivity contribution in [3.8, 4) is 11.5 Å². The fourth-order valence-electron chi connectivity index (χ4n) is 3.67. The molecule has 2 aromatic carbocycles. The van der Waals surface area contributed by atoms with E-state index in [9.17, 15) is 18.0 Å². The smallest absolute Gasteiger partial charge is 0.243 e. The van der Waals surface area contributed by atoms with Gasteiger partial charge in [-0.2, -0.15) is 4.31 Å². The molecule has 0 spiro atoms. The summed E-state index contributed by atoms with van der Waals surface area (Å²) in [6, 6.07) is 9.45. The molecule has 0 aromatic heterocycles. The number of hydrogen-bond donors (Lipinski definition) is 1. The van der Waals surface area contributed by atoms with Crippen LogP contribution in [0.15, 0.2) is 41.3 Å². The normalized spacial score (nSPS) is 15.0. The highest BCUT2D eigenvalue weighted by molar-refractivity contribution is 7.89. The van der Waals surface area contributed by atoms with Gasteiger partial charge >= 0.3 is 0 Å². The predicted molar refractivity (Wildman–Crippen MR) is 121 cm³/mol. The van der Waals surface area contributed by atoms with Gasteiger partial charge in [0.25, 0.3) is 0 Å². The highest BCUT2D eigenvalue weighted by Crippen LogP contribution is 2.41. The molecule has 32 heavy (non-hydrogen) atoms. The van der Waals surface area contributed by atoms with Crippen LogP contribution in [0.3, 0.4) is 0 Å². The van der Waals surface area contributed by atoms with Crippen molar-refractivity contribution in [2.75, 3.05) is 45.1 Å². The van der Waals surface area contributed by atoms with Crippen molar-refractivity contribution in [3.05, 3.63) is 42.0 Å². The second-order valence-electron chi connectivity index (χ2n) is 8.04. The fraction of sp³-hybridized carbons (Fsp3) is 0.364. The Bertz CT molecular complexity index is 1180. The summed E-state index contributed by atoms with van der Waals surface area (Å²) in [6.07, 6.45) is 0. The zero-order chi connectivity index (χ0) is 23.8. The van der Waals surface area contributed by atoms with E-state index in [0.717, 1.165) is 4.31 Å². The predicted octanol–water partition coefficient (Wildman–Crippen LogP) is 2.22. The highest BCUT2D eigenvalue weighted by atomic mass is 32.2. The van der Waals surface area contributed by atoms with Gasteiger partial charge in [-0.15, -0.1) is 0 Å². The van der Waals surface area contributed by atoms with Crippen LogP contribution in [-0.4, -0.2) is 59.4 Å². The summed E-state index contributed by atoms with van der Waals surface area (Å²) in [5.74, 6) is 0.306. The molecule has 1 aliphatic rings. The average Bonchev–Trinajstić information content (AvgIpc) is 2.93. The average molecular weight is 462 g/mol. The van der Waals surface area contributed by atoms with Gasteiger partial charge in [-0.3, -0.25) is 9.59 Å². The lowest BCUT2D eigenvalue weighted by Gasteiger charge is -2.20. The van der Waals surface area contributed by atoms with Crippen molar-refractivity contribution in [2.24, 2.45) is 0 Å². The Balaban J connectivity index is 1.80. The Morgan fingerprint density at radius 3 is 2.44 bits per heavy atom. The molecule has 0 atom stereocenters. The Labute approximate surface area is 188 Å². The van der Waals surface area contributed by atoms with Gasteiger partial charge in [-0.05, 0) is 49.7 Å². The summed E-state index contributed by atoms with van der Waals surface area (Å²) >= 11 is 0. The third-order valence-electron chi connectivity index (χ3n) is 5.60. The number of nitrogens with zero attached hydrogens (tertiary/aromatic N) is 2. The van der Waals surface area contributed by atoms with Gasteiger partial charge in [-0.1, -0.05) is 0 Å². The number of likely N-dealkylation sites (N-methyl/N-ethyl adjacent to an activating group) is 2. The second-order valence-corrected chi connectivity index (χ2v) is 10.1. The number of nitrogens with one attached hydrogen (secondary N) is 1. The van der Waals surface area contributed by atoms with Crippen LogP contribution < -0.4 is 19.7 Å².